The van der Waals surface area contributed by atoms with Crippen LogP contribution in [-0.2, 0) is 14.3 Å². The summed E-state index contributed by atoms with van der Waals surface area (Å²) >= 11 is 0. The lowest BCUT2D eigenvalue weighted by atomic mass is 10.1. The van der Waals surface area contributed by atoms with Gasteiger partial charge in [0.05, 0.1) is 6.61 Å². The molecule has 1 fully saturated rings. The van der Waals surface area contributed by atoms with E-state index in [0.29, 0.717) is 11.3 Å². The van der Waals surface area contributed by atoms with E-state index in [4.69, 9.17) is 14.7 Å². The molecule has 1 aliphatic heterocycles. The molecule has 6 nitrogen and oxygen atoms in total. The van der Waals surface area contributed by atoms with Crippen LogP contribution in [0.4, 0.5) is 0 Å². The Morgan fingerprint density at radius 3 is 2.67 bits per heavy atom. The lowest BCUT2D eigenvalue weighted by Crippen LogP contribution is -2.32. The first kappa shape index (κ1) is 17.5. The summed E-state index contributed by atoms with van der Waals surface area (Å²) in [4.78, 5) is 25.6. The summed E-state index contributed by atoms with van der Waals surface area (Å²) in [7, 11) is 0. The quantitative estimate of drug-likeness (QED) is 0.454. The number of hydrogen-bond donors (Lipinski definition) is 0. The number of nitriles is 1. The molecular weight excluding hydrogens is 308 g/mol. The Hall–Kier alpha value is -2.81. The number of amides is 1. The van der Waals surface area contributed by atoms with Gasteiger partial charge in [0.2, 0.25) is 0 Å². The lowest BCUT2D eigenvalue weighted by Gasteiger charge is -2.16. The van der Waals surface area contributed by atoms with Crippen molar-refractivity contribution in [1.82, 2.24) is 4.90 Å². The van der Waals surface area contributed by atoms with Gasteiger partial charge in [0.25, 0.3) is 5.91 Å². The smallest absolute Gasteiger partial charge is 0.348 e. The number of likely N-dealkylation sites (tertiary alicyclic amines) is 1. The molecule has 0 aromatic heterocycles. The number of para-hydroxylation sites is 1. The number of nitrogens with zero attached hydrogens (tertiary/aromatic N) is 2. The number of rotatable bonds is 6. The molecule has 0 aliphatic carbocycles. The van der Waals surface area contributed by atoms with Crippen LogP contribution in [0, 0.1) is 11.3 Å². The Kier molecular flexibility index (Phi) is 6.38. The molecule has 1 aliphatic rings. The van der Waals surface area contributed by atoms with Crippen LogP contribution in [0.3, 0.4) is 0 Å². The lowest BCUT2D eigenvalue weighted by molar-refractivity contribution is -0.138. The van der Waals surface area contributed by atoms with Crippen molar-refractivity contribution in [3.05, 3.63) is 35.4 Å². The summed E-state index contributed by atoms with van der Waals surface area (Å²) in [5.74, 6) is -0.290. The van der Waals surface area contributed by atoms with Gasteiger partial charge in [-0.3, -0.25) is 4.79 Å². The Morgan fingerprint density at radius 2 is 2.00 bits per heavy atom. The molecule has 0 bridgehead atoms. The molecule has 1 heterocycles. The van der Waals surface area contributed by atoms with Crippen LogP contribution < -0.4 is 4.74 Å². The zero-order valence-corrected chi connectivity index (χ0v) is 13.7. The van der Waals surface area contributed by atoms with Gasteiger partial charge in [-0.25, -0.2) is 4.79 Å². The van der Waals surface area contributed by atoms with E-state index < -0.39 is 5.97 Å². The average molecular weight is 328 g/mol. The van der Waals surface area contributed by atoms with E-state index in [-0.39, 0.29) is 24.7 Å². The number of carbonyl (C=O) groups excluding carboxylic acids is 2. The monoisotopic (exact) mass is 328 g/mol. The van der Waals surface area contributed by atoms with Gasteiger partial charge in [0, 0.05) is 18.7 Å². The summed E-state index contributed by atoms with van der Waals surface area (Å²) in [6.45, 7) is 3.34. The van der Waals surface area contributed by atoms with Crippen molar-refractivity contribution in [2.75, 3.05) is 26.3 Å². The number of esters is 1. The molecule has 0 unspecified atom stereocenters. The van der Waals surface area contributed by atoms with Gasteiger partial charge < -0.3 is 14.4 Å². The van der Waals surface area contributed by atoms with Crippen molar-refractivity contribution < 1.29 is 19.1 Å². The Balaban J connectivity index is 2.10. The second-order valence-corrected chi connectivity index (χ2v) is 5.30. The van der Waals surface area contributed by atoms with Crippen LogP contribution >= 0.6 is 0 Å². The van der Waals surface area contributed by atoms with Crippen LogP contribution in [-0.4, -0.2) is 43.1 Å². The Bertz CT molecular complexity index is 670. The minimum atomic E-state index is -0.678. The highest BCUT2D eigenvalue weighted by Crippen LogP contribution is 2.21. The van der Waals surface area contributed by atoms with Crippen LogP contribution in [0.1, 0.15) is 25.3 Å². The zero-order chi connectivity index (χ0) is 17.4. The molecular formula is C18H20N2O4. The second-order valence-electron chi connectivity index (χ2n) is 5.30. The van der Waals surface area contributed by atoms with Gasteiger partial charge in [-0.15, -0.1) is 0 Å². The van der Waals surface area contributed by atoms with Crippen LogP contribution in [0.25, 0.3) is 6.08 Å². The van der Waals surface area contributed by atoms with Gasteiger partial charge in [-0.2, -0.15) is 5.26 Å². The summed E-state index contributed by atoms with van der Waals surface area (Å²) in [6.07, 6.45) is 3.46. The van der Waals surface area contributed by atoms with Crippen LogP contribution in [0.5, 0.6) is 5.75 Å². The average Bonchev–Trinajstić information content (AvgIpc) is 3.13. The first-order chi connectivity index (χ1) is 11.7. The highest BCUT2D eigenvalue weighted by molar-refractivity contribution is 5.98. The van der Waals surface area contributed by atoms with E-state index in [1.807, 2.05) is 6.07 Å². The summed E-state index contributed by atoms with van der Waals surface area (Å²) in [5, 5.41) is 9.12. The zero-order valence-electron chi connectivity index (χ0n) is 13.7. The number of carbonyl (C=O) groups is 2. The predicted molar refractivity (Wildman–Crippen MR) is 88.0 cm³/mol. The number of hydrogen-bond acceptors (Lipinski definition) is 5. The highest BCUT2D eigenvalue weighted by Gasteiger charge is 2.18. The van der Waals surface area contributed by atoms with E-state index in [1.165, 1.54) is 6.08 Å². The maximum absolute atomic E-state index is 12.1. The maximum atomic E-state index is 12.1. The van der Waals surface area contributed by atoms with Gasteiger partial charge in [-0.1, -0.05) is 18.2 Å². The molecule has 126 valence electrons. The van der Waals surface area contributed by atoms with Gasteiger partial charge >= 0.3 is 5.97 Å². The fraction of sp³-hybridized carbons (Fsp3) is 0.389. The summed E-state index contributed by atoms with van der Waals surface area (Å²) in [6, 6.07) is 8.77. The molecule has 6 heteroatoms. The SMILES string of the molecule is CCOC(=O)/C(C#N)=C/c1ccccc1OCC(=O)N1CCCC1. The normalized spacial score (nSPS) is 14.2. The maximum Gasteiger partial charge on any atom is 0.348 e. The van der Waals surface area contributed by atoms with Gasteiger partial charge in [-0.05, 0) is 31.9 Å². The topological polar surface area (TPSA) is 79.6 Å². The van der Waals surface area contributed by atoms with Crippen molar-refractivity contribution in [1.29, 1.82) is 5.26 Å². The third-order valence-corrected chi connectivity index (χ3v) is 3.64. The minimum Gasteiger partial charge on any atom is -0.483 e. The largest absolute Gasteiger partial charge is 0.483 e. The second kappa shape index (κ2) is 8.73. The van der Waals surface area contributed by atoms with Crippen molar-refractivity contribution in [2.24, 2.45) is 0 Å². The molecule has 1 aromatic carbocycles. The molecule has 0 spiro atoms. The fourth-order valence-corrected chi connectivity index (χ4v) is 2.43. The standard InChI is InChI=1S/C18H20N2O4/c1-2-23-18(22)15(12-19)11-14-7-3-4-8-16(14)24-13-17(21)20-9-5-6-10-20/h3-4,7-8,11H,2,5-6,9-10,13H2,1H3/b15-11+. The Labute approximate surface area is 141 Å². The minimum absolute atomic E-state index is 0.0582. The molecule has 1 amide bonds. The first-order valence-corrected chi connectivity index (χ1v) is 7.94. The van der Waals surface area contributed by atoms with E-state index in [2.05, 4.69) is 0 Å². The van der Waals surface area contributed by atoms with E-state index in [1.54, 1.807) is 36.1 Å². The fourth-order valence-electron chi connectivity index (χ4n) is 2.43. The highest BCUT2D eigenvalue weighted by atomic mass is 16.5. The van der Waals surface area contributed by atoms with Gasteiger partial charge in [0.1, 0.15) is 17.4 Å². The number of benzene rings is 1. The number of ether oxygens (including phenoxy) is 2. The molecule has 0 N–H and O–H groups in total. The van der Waals surface area contributed by atoms with E-state index in [0.717, 1.165) is 25.9 Å². The van der Waals surface area contributed by atoms with E-state index >= 15 is 0 Å². The molecule has 2 rings (SSSR count). The Morgan fingerprint density at radius 1 is 1.29 bits per heavy atom. The molecule has 1 saturated heterocycles. The first-order valence-electron chi connectivity index (χ1n) is 7.94. The molecule has 0 atom stereocenters. The molecule has 24 heavy (non-hydrogen) atoms. The van der Waals surface area contributed by atoms with Crippen LogP contribution in [0.15, 0.2) is 29.8 Å². The summed E-state index contributed by atoms with van der Waals surface area (Å²) in [5.41, 5.74) is 0.440. The molecule has 0 saturated carbocycles. The van der Waals surface area contributed by atoms with Crippen LogP contribution in [0.2, 0.25) is 0 Å². The van der Waals surface area contributed by atoms with E-state index in [9.17, 15) is 9.59 Å². The molecule has 0 radical (unpaired) electrons. The van der Waals surface area contributed by atoms with Crippen molar-refractivity contribution in [2.45, 2.75) is 19.8 Å². The van der Waals surface area contributed by atoms with Crippen molar-refractivity contribution in [3.63, 3.8) is 0 Å². The predicted octanol–water partition coefficient (Wildman–Crippen LogP) is 2.16. The summed E-state index contributed by atoms with van der Waals surface area (Å²) < 4.78 is 10.4. The molecule has 1 aromatic rings. The van der Waals surface area contributed by atoms with Crippen molar-refractivity contribution in [3.8, 4) is 11.8 Å². The third kappa shape index (κ3) is 4.59. The third-order valence-electron chi connectivity index (χ3n) is 3.64. The van der Waals surface area contributed by atoms with Gasteiger partial charge in [0.15, 0.2) is 6.61 Å². The van der Waals surface area contributed by atoms with Crippen molar-refractivity contribution >= 4 is 18.0 Å².